The van der Waals surface area contributed by atoms with Gasteiger partial charge in [0.1, 0.15) is 5.75 Å². The Balaban J connectivity index is 2.20. The second-order valence-electron chi connectivity index (χ2n) is 4.74. The van der Waals surface area contributed by atoms with Gasteiger partial charge in [0, 0.05) is 24.5 Å². The number of nitrogens with one attached hydrogen (secondary N) is 2. The molecule has 6 nitrogen and oxygen atoms in total. The van der Waals surface area contributed by atoms with Crippen molar-refractivity contribution in [2.45, 2.75) is 13.8 Å². The molecule has 0 saturated heterocycles. The van der Waals surface area contributed by atoms with Crippen molar-refractivity contribution in [3.05, 3.63) is 47.8 Å². The smallest absolute Gasteiger partial charge is 0.257 e. The number of carbonyl (C=O) groups excluding carboxylic acids is 2. The average Bonchev–Trinajstić information content (AvgIpc) is 2.47. The first-order valence-corrected chi connectivity index (χ1v) is 6.69. The van der Waals surface area contributed by atoms with Gasteiger partial charge in [-0.15, -0.1) is 0 Å². The Hall–Kier alpha value is -2.89. The fourth-order valence-corrected chi connectivity index (χ4v) is 1.88. The molecule has 0 aliphatic heterocycles. The molecule has 0 aliphatic rings. The van der Waals surface area contributed by atoms with Crippen LogP contribution in [0.5, 0.6) is 5.75 Å². The minimum absolute atomic E-state index is 0.218. The number of pyridine rings is 1. The Morgan fingerprint density at radius 2 is 1.91 bits per heavy atom. The lowest BCUT2D eigenvalue weighted by atomic mass is 10.2. The van der Waals surface area contributed by atoms with Crippen molar-refractivity contribution in [3.8, 4) is 5.75 Å². The standard InChI is InChI=1S/C16H17N3O3/c1-10-4-5-12(9-17-10)16(21)19-13-6-7-15(22-3)14(8-13)18-11(2)20/h4-9H,1-3H3,(H,18,20)(H,19,21). The molecular formula is C16H17N3O3. The van der Waals surface area contributed by atoms with Gasteiger partial charge in [-0.1, -0.05) is 0 Å². The van der Waals surface area contributed by atoms with Crippen LogP contribution in [0, 0.1) is 6.92 Å². The van der Waals surface area contributed by atoms with Gasteiger partial charge in [-0.25, -0.2) is 0 Å². The van der Waals surface area contributed by atoms with Gasteiger partial charge in [-0.05, 0) is 37.3 Å². The van der Waals surface area contributed by atoms with E-state index in [0.717, 1.165) is 5.69 Å². The molecule has 2 rings (SSSR count). The molecule has 6 heteroatoms. The van der Waals surface area contributed by atoms with Crippen LogP contribution in [-0.2, 0) is 4.79 Å². The van der Waals surface area contributed by atoms with Crippen LogP contribution in [0.4, 0.5) is 11.4 Å². The largest absolute Gasteiger partial charge is 0.495 e. The highest BCUT2D eigenvalue weighted by Gasteiger charge is 2.10. The summed E-state index contributed by atoms with van der Waals surface area (Å²) in [5.41, 5.74) is 2.35. The first-order valence-electron chi connectivity index (χ1n) is 6.69. The zero-order valence-corrected chi connectivity index (χ0v) is 12.6. The van der Waals surface area contributed by atoms with Crippen LogP contribution in [0.3, 0.4) is 0 Å². The molecule has 2 amide bonds. The van der Waals surface area contributed by atoms with E-state index in [-0.39, 0.29) is 11.8 Å². The van der Waals surface area contributed by atoms with Crippen molar-refractivity contribution < 1.29 is 14.3 Å². The normalized spacial score (nSPS) is 9.95. The third kappa shape index (κ3) is 3.82. The molecule has 0 saturated carbocycles. The second kappa shape index (κ2) is 6.71. The van der Waals surface area contributed by atoms with E-state index < -0.39 is 0 Å². The summed E-state index contributed by atoms with van der Waals surface area (Å²) >= 11 is 0. The first-order chi connectivity index (χ1) is 10.5. The number of rotatable bonds is 4. The third-order valence-corrected chi connectivity index (χ3v) is 2.94. The number of anilines is 2. The van der Waals surface area contributed by atoms with Crippen molar-refractivity contribution in [1.29, 1.82) is 0 Å². The van der Waals surface area contributed by atoms with Crippen LogP contribution in [0.2, 0.25) is 0 Å². The van der Waals surface area contributed by atoms with E-state index in [1.54, 1.807) is 30.3 Å². The lowest BCUT2D eigenvalue weighted by Gasteiger charge is -2.12. The van der Waals surface area contributed by atoms with Gasteiger partial charge in [-0.2, -0.15) is 0 Å². The number of hydrogen-bond acceptors (Lipinski definition) is 4. The Labute approximate surface area is 128 Å². The summed E-state index contributed by atoms with van der Waals surface area (Å²) in [6.07, 6.45) is 1.52. The van der Waals surface area contributed by atoms with Gasteiger partial charge in [0.2, 0.25) is 5.91 Å². The molecule has 114 valence electrons. The van der Waals surface area contributed by atoms with E-state index in [0.29, 0.717) is 22.7 Å². The maximum absolute atomic E-state index is 12.1. The second-order valence-corrected chi connectivity index (χ2v) is 4.74. The Morgan fingerprint density at radius 3 is 2.50 bits per heavy atom. The molecule has 0 unspecified atom stereocenters. The molecule has 1 aromatic carbocycles. The van der Waals surface area contributed by atoms with E-state index in [1.165, 1.54) is 20.2 Å². The zero-order chi connectivity index (χ0) is 16.1. The van der Waals surface area contributed by atoms with Gasteiger partial charge >= 0.3 is 0 Å². The summed E-state index contributed by atoms with van der Waals surface area (Å²) in [5.74, 6) is 0.0288. The van der Waals surface area contributed by atoms with Crippen LogP contribution >= 0.6 is 0 Å². The molecular weight excluding hydrogens is 282 g/mol. The number of aryl methyl sites for hydroxylation is 1. The molecule has 0 aliphatic carbocycles. The fraction of sp³-hybridized carbons (Fsp3) is 0.188. The molecule has 0 atom stereocenters. The maximum atomic E-state index is 12.1. The van der Waals surface area contributed by atoms with Gasteiger partial charge in [0.05, 0.1) is 18.4 Å². The number of amides is 2. The summed E-state index contributed by atoms with van der Waals surface area (Å²) < 4.78 is 5.17. The van der Waals surface area contributed by atoms with E-state index in [4.69, 9.17) is 4.74 Å². The van der Waals surface area contributed by atoms with Crippen molar-refractivity contribution >= 4 is 23.2 Å². The van der Waals surface area contributed by atoms with E-state index in [1.807, 2.05) is 6.92 Å². The van der Waals surface area contributed by atoms with Crippen LogP contribution < -0.4 is 15.4 Å². The molecule has 1 aromatic heterocycles. The molecule has 2 N–H and O–H groups in total. The lowest BCUT2D eigenvalue weighted by molar-refractivity contribution is -0.114. The minimum atomic E-state index is -0.272. The van der Waals surface area contributed by atoms with Crippen molar-refractivity contribution in [3.63, 3.8) is 0 Å². The number of carbonyl (C=O) groups is 2. The summed E-state index contributed by atoms with van der Waals surface area (Å²) in [7, 11) is 1.51. The fourth-order valence-electron chi connectivity index (χ4n) is 1.88. The minimum Gasteiger partial charge on any atom is -0.495 e. The van der Waals surface area contributed by atoms with E-state index in [2.05, 4.69) is 15.6 Å². The summed E-state index contributed by atoms with van der Waals surface area (Å²) in [4.78, 5) is 27.4. The van der Waals surface area contributed by atoms with Crippen molar-refractivity contribution in [2.75, 3.05) is 17.7 Å². The number of methoxy groups -OCH3 is 1. The molecule has 1 heterocycles. The average molecular weight is 299 g/mol. The van der Waals surface area contributed by atoms with Gasteiger partial charge in [-0.3, -0.25) is 14.6 Å². The first kappa shape index (κ1) is 15.5. The van der Waals surface area contributed by atoms with Crippen LogP contribution in [0.1, 0.15) is 23.0 Å². The predicted octanol–water partition coefficient (Wildman–Crippen LogP) is 2.61. The number of nitrogens with zero attached hydrogens (tertiary/aromatic N) is 1. The van der Waals surface area contributed by atoms with Crippen LogP contribution in [0.15, 0.2) is 36.5 Å². The predicted molar refractivity (Wildman–Crippen MR) is 84.2 cm³/mol. The summed E-state index contributed by atoms with van der Waals surface area (Å²) in [6.45, 7) is 3.26. The number of hydrogen-bond donors (Lipinski definition) is 2. The van der Waals surface area contributed by atoms with Crippen LogP contribution in [0.25, 0.3) is 0 Å². The molecule has 2 aromatic rings. The molecule has 0 radical (unpaired) electrons. The molecule has 0 fully saturated rings. The number of ether oxygens (including phenoxy) is 1. The zero-order valence-electron chi connectivity index (χ0n) is 12.6. The van der Waals surface area contributed by atoms with Gasteiger partial charge in [0.25, 0.3) is 5.91 Å². The SMILES string of the molecule is COc1ccc(NC(=O)c2ccc(C)nc2)cc1NC(C)=O. The topological polar surface area (TPSA) is 80.3 Å². The summed E-state index contributed by atoms with van der Waals surface area (Å²) in [5, 5.41) is 5.41. The van der Waals surface area contributed by atoms with Gasteiger partial charge in [0.15, 0.2) is 0 Å². The van der Waals surface area contributed by atoms with E-state index in [9.17, 15) is 9.59 Å². The highest BCUT2D eigenvalue weighted by atomic mass is 16.5. The van der Waals surface area contributed by atoms with Crippen molar-refractivity contribution in [1.82, 2.24) is 4.98 Å². The highest BCUT2D eigenvalue weighted by molar-refractivity contribution is 6.04. The Bertz CT molecular complexity index is 696. The number of aromatic nitrogens is 1. The van der Waals surface area contributed by atoms with Gasteiger partial charge < -0.3 is 15.4 Å². The highest BCUT2D eigenvalue weighted by Crippen LogP contribution is 2.28. The quantitative estimate of drug-likeness (QED) is 0.909. The summed E-state index contributed by atoms with van der Waals surface area (Å²) in [6, 6.07) is 8.49. The monoisotopic (exact) mass is 299 g/mol. The Morgan fingerprint density at radius 1 is 1.14 bits per heavy atom. The van der Waals surface area contributed by atoms with Crippen molar-refractivity contribution in [2.24, 2.45) is 0 Å². The Kier molecular flexibility index (Phi) is 4.73. The molecule has 0 spiro atoms. The lowest BCUT2D eigenvalue weighted by Crippen LogP contribution is -2.13. The number of benzene rings is 1. The molecule has 22 heavy (non-hydrogen) atoms. The molecule has 0 bridgehead atoms. The third-order valence-electron chi connectivity index (χ3n) is 2.94. The maximum Gasteiger partial charge on any atom is 0.257 e. The van der Waals surface area contributed by atoms with Crippen LogP contribution in [-0.4, -0.2) is 23.9 Å². The van der Waals surface area contributed by atoms with E-state index >= 15 is 0 Å².